The molecule has 0 spiro atoms. The highest BCUT2D eigenvalue weighted by Crippen LogP contribution is 2.25. The molecule has 1 aromatic carbocycles. The third-order valence-corrected chi connectivity index (χ3v) is 3.11. The molecule has 0 saturated heterocycles. The summed E-state index contributed by atoms with van der Waals surface area (Å²) in [7, 11) is 0. The minimum absolute atomic E-state index is 0.127. The van der Waals surface area contributed by atoms with Gasteiger partial charge in [-0.1, -0.05) is 43.7 Å². The lowest BCUT2D eigenvalue weighted by molar-refractivity contribution is -0.114. The first-order valence-corrected chi connectivity index (χ1v) is 6.91. The average molecular weight is 289 g/mol. The summed E-state index contributed by atoms with van der Waals surface area (Å²) in [6, 6.07) is 7.11. The maximum Gasteiger partial charge on any atom is 0.280 e. The van der Waals surface area contributed by atoms with Crippen molar-refractivity contribution >= 4 is 28.9 Å². The lowest BCUT2D eigenvalue weighted by Gasteiger charge is -2.11. The van der Waals surface area contributed by atoms with Gasteiger partial charge in [0.05, 0.1) is 17.0 Å². The summed E-state index contributed by atoms with van der Waals surface area (Å²) in [5.41, 5.74) is 2.00. The van der Waals surface area contributed by atoms with Crippen LogP contribution in [0.5, 0.6) is 0 Å². The fraction of sp³-hybridized carbons (Fsp3) is 0.250. The minimum atomic E-state index is -0.127. The number of hydrogen-bond donors (Lipinski definition) is 0. The van der Waals surface area contributed by atoms with Gasteiger partial charge in [0.2, 0.25) is 0 Å². The van der Waals surface area contributed by atoms with Crippen LogP contribution in [-0.2, 0) is 4.79 Å². The molecule has 2 rings (SSSR count). The molecule has 0 aliphatic carbocycles. The van der Waals surface area contributed by atoms with Crippen LogP contribution < -0.4 is 5.01 Å². The molecule has 1 aromatic rings. The largest absolute Gasteiger partial charge is 0.280 e. The molecule has 1 heterocycles. The van der Waals surface area contributed by atoms with Crippen molar-refractivity contribution in [2.75, 3.05) is 5.01 Å². The smallest absolute Gasteiger partial charge is 0.267 e. The van der Waals surface area contributed by atoms with Gasteiger partial charge in [-0.05, 0) is 37.1 Å². The number of carbonyl (C=O) groups excluding carboxylic acids is 1. The molecule has 104 valence electrons. The van der Waals surface area contributed by atoms with Gasteiger partial charge in [0.25, 0.3) is 5.91 Å². The number of hydrogen-bond acceptors (Lipinski definition) is 2. The molecule has 0 bridgehead atoms. The summed E-state index contributed by atoms with van der Waals surface area (Å²) in [6.07, 6.45) is 5.75. The summed E-state index contributed by atoms with van der Waals surface area (Å²) in [6.45, 7) is 6.01. The lowest BCUT2D eigenvalue weighted by atomic mass is 10.1. The Morgan fingerprint density at radius 3 is 2.75 bits per heavy atom. The molecule has 1 aliphatic heterocycles. The van der Waals surface area contributed by atoms with Crippen LogP contribution in [0.2, 0.25) is 5.02 Å². The van der Waals surface area contributed by atoms with Crippen molar-refractivity contribution in [2.45, 2.75) is 20.8 Å². The third kappa shape index (κ3) is 3.17. The monoisotopic (exact) mass is 288 g/mol. The zero-order chi connectivity index (χ0) is 14.7. The molecule has 3 nitrogen and oxygen atoms in total. The molecule has 0 N–H and O–H groups in total. The molecule has 0 unspecified atom stereocenters. The first-order valence-electron chi connectivity index (χ1n) is 6.53. The highest BCUT2D eigenvalue weighted by atomic mass is 35.5. The van der Waals surface area contributed by atoms with Crippen LogP contribution >= 0.6 is 11.6 Å². The predicted octanol–water partition coefficient (Wildman–Crippen LogP) is 4.20. The van der Waals surface area contributed by atoms with Gasteiger partial charge in [-0.3, -0.25) is 4.79 Å². The summed E-state index contributed by atoms with van der Waals surface area (Å²) < 4.78 is 0. The van der Waals surface area contributed by atoms with E-state index >= 15 is 0 Å². The topological polar surface area (TPSA) is 32.7 Å². The Morgan fingerprint density at radius 2 is 2.10 bits per heavy atom. The second kappa shape index (κ2) is 6.06. The van der Waals surface area contributed by atoms with E-state index < -0.39 is 0 Å². The second-order valence-corrected chi connectivity index (χ2v) is 5.43. The summed E-state index contributed by atoms with van der Waals surface area (Å²) in [5, 5.41) is 6.27. The quantitative estimate of drug-likeness (QED) is 0.767. The van der Waals surface area contributed by atoms with E-state index in [0.29, 0.717) is 27.9 Å². The third-order valence-electron chi connectivity index (χ3n) is 2.87. The standard InChI is InChI=1S/C16H17ClN2O/c1-11(2)6-4-9-15-12(3)18-19(16(15)20)14-8-5-7-13(17)10-14/h4-11H,1-3H3/b6-4+,15-9+. The maximum atomic E-state index is 12.4. The van der Waals surface area contributed by atoms with Crippen LogP contribution in [0.4, 0.5) is 5.69 Å². The van der Waals surface area contributed by atoms with Gasteiger partial charge in [0.15, 0.2) is 0 Å². The van der Waals surface area contributed by atoms with E-state index in [0.717, 1.165) is 0 Å². The maximum absolute atomic E-state index is 12.4. The van der Waals surface area contributed by atoms with Gasteiger partial charge in [-0.25, -0.2) is 0 Å². The first-order chi connectivity index (χ1) is 9.49. The zero-order valence-corrected chi connectivity index (χ0v) is 12.6. The van der Waals surface area contributed by atoms with Crippen LogP contribution in [0.25, 0.3) is 0 Å². The van der Waals surface area contributed by atoms with Crippen molar-refractivity contribution in [3.05, 3.63) is 53.1 Å². The highest BCUT2D eigenvalue weighted by Gasteiger charge is 2.28. The number of benzene rings is 1. The average Bonchev–Trinajstić information content (AvgIpc) is 2.66. The fourth-order valence-corrected chi connectivity index (χ4v) is 2.05. The summed E-state index contributed by atoms with van der Waals surface area (Å²) >= 11 is 5.95. The molecule has 1 amide bonds. The first kappa shape index (κ1) is 14.5. The molecule has 0 saturated carbocycles. The van der Waals surface area contributed by atoms with Gasteiger partial charge in [-0.15, -0.1) is 0 Å². The highest BCUT2D eigenvalue weighted by molar-refractivity contribution is 6.32. The lowest BCUT2D eigenvalue weighted by Crippen LogP contribution is -2.21. The Balaban J connectivity index is 2.27. The van der Waals surface area contributed by atoms with Crippen molar-refractivity contribution in [1.29, 1.82) is 0 Å². The zero-order valence-electron chi connectivity index (χ0n) is 11.8. The van der Waals surface area contributed by atoms with Crippen LogP contribution in [0.3, 0.4) is 0 Å². The fourth-order valence-electron chi connectivity index (χ4n) is 1.87. The van der Waals surface area contributed by atoms with Crippen LogP contribution in [0.1, 0.15) is 20.8 Å². The van der Waals surface area contributed by atoms with E-state index in [1.807, 2.05) is 31.2 Å². The van der Waals surface area contributed by atoms with Crippen molar-refractivity contribution in [3.63, 3.8) is 0 Å². The normalized spacial score (nSPS) is 17.6. The predicted molar refractivity (Wildman–Crippen MR) is 84.1 cm³/mol. The van der Waals surface area contributed by atoms with Crippen molar-refractivity contribution in [2.24, 2.45) is 11.0 Å². The Morgan fingerprint density at radius 1 is 1.35 bits per heavy atom. The molecular formula is C16H17ClN2O. The van der Waals surface area contributed by atoms with E-state index in [2.05, 4.69) is 18.9 Å². The Bertz CT molecular complexity index is 615. The van der Waals surface area contributed by atoms with Gasteiger partial charge in [0, 0.05) is 5.02 Å². The van der Waals surface area contributed by atoms with Crippen molar-refractivity contribution in [3.8, 4) is 0 Å². The SMILES string of the molecule is CC1=NN(c2cccc(Cl)c2)C(=O)/C1=C/C=C/C(C)C. The second-order valence-electron chi connectivity index (χ2n) is 4.99. The summed E-state index contributed by atoms with van der Waals surface area (Å²) in [5.74, 6) is 0.322. The molecule has 0 radical (unpaired) electrons. The van der Waals surface area contributed by atoms with Crippen LogP contribution in [0, 0.1) is 5.92 Å². The van der Waals surface area contributed by atoms with Crippen LogP contribution in [0.15, 0.2) is 53.2 Å². The van der Waals surface area contributed by atoms with Gasteiger partial charge in [-0.2, -0.15) is 10.1 Å². The number of amides is 1. The number of halogens is 1. The van der Waals surface area contributed by atoms with Gasteiger partial charge in [0.1, 0.15) is 0 Å². The molecule has 20 heavy (non-hydrogen) atoms. The molecule has 0 aromatic heterocycles. The number of nitrogens with zero attached hydrogens (tertiary/aromatic N) is 2. The molecule has 0 fully saturated rings. The molecular weight excluding hydrogens is 272 g/mol. The van der Waals surface area contributed by atoms with Gasteiger partial charge < -0.3 is 0 Å². The number of allylic oxidation sites excluding steroid dienone is 3. The Kier molecular flexibility index (Phi) is 4.40. The molecule has 0 atom stereocenters. The van der Waals surface area contributed by atoms with Crippen LogP contribution in [-0.4, -0.2) is 11.6 Å². The van der Waals surface area contributed by atoms with E-state index in [1.54, 1.807) is 18.2 Å². The van der Waals surface area contributed by atoms with Gasteiger partial charge >= 0.3 is 0 Å². The number of hydrazone groups is 1. The molecule has 4 heteroatoms. The molecule has 1 aliphatic rings. The minimum Gasteiger partial charge on any atom is -0.267 e. The Hall–Kier alpha value is -1.87. The van der Waals surface area contributed by atoms with Crippen molar-refractivity contribution in [1.82, 2.24) is 0 Å². The van der Waals surface area contributed by atoms with E-state index in [4.69, 9.17) is 11.6 Å². The number of carbonyl (C=O) groups is 1. The number of anilines is 1. The van der Waals surface area contributed by atoms with Crippen molar-refractivity contribution < 1.29 is 4.79 Å². The summed E-state index contributed by atoms with van der Waals surface area (Å²) in [4.78, 5) is 12.4. The van der Waals surface area contributed by atoms with E-state index in [-0.39, 0.29) is 5.91 Å². The van der Waals surface area contributed by atoms with E-state index in [1.165, 1.54) is 5.01 Å². The van der Waals surface area contributed by atoms with E-state index in [9.17, 15) is 4.79 Å². The Labute approximate surface area is 124 Å². The number of rotatable bonds is 3.